The van der Waals surface area contributed by atoms with Crippen LogP contribution < -0.4 is 5.32 Å². The first-order chi connectivity index (χ1) is 9.81. The van der Waals surface area contributed by atoms with E-state index in [4.69, 9.17) is 0 Å². The summed E-state index contributed by atoms with van der Waals surface area (Å²) in [5.41, 5.74) is -0.453. The Morgan fingerprint density at radius 3 is 2.43 bits per heavy atom. The number of nitrogens with one attached hydrogen (secondary N) is 1. The fraction of sp³-hybridized carbons (Fsp3) is 0.867. The zero-order chi connectivity index (χ0) is 15.8. The van der Waals surface area contributed by atoms with Gasteiger partial charge in [0.25, 0.3) is 0 Å². The predicted octanol–water partition coefficient (Wildman–Crippen LogP) is 1.63. The van der Waals surface area contributed by atoms with Crippen molar-refractivity contribution in [2.75, 3.05) is 18.8 Å². The molecule has 0 aromatic heterocycles. The molecule has 0 saturated carbocycles. The quantitative estimate of drug-likeness (QED) is 0.825. The first-order valence-corrected chi connectivity index (χ1v) is 8.74. The van der Waals surface area contributed by atoms with Crippen LogP contribution in [0.1, 0.15) is 34.1 Å². The molecule has 0 radical (unpaired) electrons. The lowest BCUT2D eigenvalue weighted by molar-refractivity contribution is -0.156. The third kappa shape index (κ3) is 2.80. The second-order valence-corrected chi connectivity index (χ2v) is 7.92. The van der Waals surface area contributed by atoms with Gasteiger partial charge in [0.1, 0.15) is 6.04 Å². The summed E-state index contributed by atoms with van der Waals surface area (Å²) in [5.74, 6) is 0.0862. The van der Waals surface area contributed by atoms with E-state index in [0.717, 1.165) is 13.0 Å². The van der Waals surface area contributed by atoms with Crippen LogP contribution in [0.3, 0.4) is 0 Å². The van der Waals surface area contributed by atoms with Gasteiger partial charge in [0.15, 0.2) is 0 Å². The number of hydrogen-bond donors (Lipinski definition) is 2. The Balaban J connectivity index is 2.34. The number of carbonyl (C=O) groups is 2. The van der Waals surface area contributed by atoms with E-state index in [-0.39, 0.29) is 23.1 Å². The Kier molecular flexibility index (Phi) is 4.88. The Hall–Kier alpha value is -0.750. The molecule has 2 aliphatic rings. The lowest BCUT2D eigenvalue weighted by atomic mass is 9.75. The number of nitrogens with zero attached hydrogens (tertiary/aromatic N) is 1. The van der Waals surface area contributed by atoms with Crippen LogP contribution in [0.4, 0.5) is 0 Å². The van der Waals surface area contributed by atoms with Gasteiger partial charge in [0.05, 0.1) is 10.8 Å². The van der Waals surface area contributed by atoms with E-state index < -0.39 is 17.4 Å². The van der Waals surface area contributed by atoms with Gasteiger partial charge < -0.3 is 15.3 Å². The molecule has 2 fully saturated rings. The van der Waals surface area contributed by atoms with Crippen LogP contribution in [0.5, 0.6) is 0 Å². The summed E-state index contributed by atoms with van der Waals surface area (Å²) < 4.78 is 0. The zero-order valence-corrected chi connectivity index (χ0v) is 14.1. The maximum absolute atomic E-state index is 13.2. The summed E-state index contributed by atoms with van der Waals surface area (Å²) in [6.45, 7) is 9.72. The lowest BCUT2D eigenvalue weighted by Crippen LogP contribution is -2.55. The molecule has 6 heteroatoms. The number of thioether (sulfide) groups is 1. The summed E-state index contributed by atoms with van der Waals surface area (Å²) >= 11 is 1.60. The van der Waals surface area contributed by atoms with E-state index in [1.807, 2.05) is 0 Å². The SMILES string of the molecule is CC(C)C1SCC(C(=O)O)N1C(=O)C1(C(C)C)CCNC1. The van der Waals surface area contributed by atoms with Crippen molar-refractivity contribution in [2.24, 2.45) is 17.3 Å². The normalized spacial score (nSPS) is 33.1. The van der Waals surface area contributed by atoms with Crippen molar-refractivity contribution < 1.29 is 14.7 Å². The van der Waals surface area contributed by atoms with E-state index in [2.05, 4.69) is 33.0 Å². The topological polar surface area (TPSA) is 69.6 Å². The minimum atomic E-state index is -0.885. The Labute approximate surface area is 130 Å². The standard InChI is InChI=1S/C15H26N2O3S/c1-9(2)12-17(11(7-21-12)13(18)19)14(20)15(10(3)4)5-6-16-8-15/h9-12,16H,5-8H2,1-4H3,(H,18,19). The highest BCUT2D eigenvalue weighted by Gasteiger charge is 2.52. The van der Waals surface area contributed by atoms with Crippen molar-refractivity contribution in [3.05, 3.63) is 0 Å². The molecule has 2 rings (SSSR count). The second-order valence-electron chi connectivity index (χ2n) is 6.77. The molecular weight excluding hydrogens is 288 g/mol. The van der Waals surface area contributed by atoms with Gasteiger partial charge in [-0.3, -0.25) is 4.79 Å². The van der Waals surface area contributed by atoms with Crippen molar-refractivity contribution >= 4 is 23.6 Å². The number of amides is 1. The van der Waals surface area contributed by atoms with Crippen LogP contribution in [0, 0.1) is 17.3 Å². The molecule has 0 aromatic carbocycles. The van der Waals surface area contributed by atoms with Crippen molar-refractivity contribution in [3.8, 4) is 0 Å². The number of hydrogen-bond acceptors (Lipinski definition) is 4. The van der Waals surface area contributed by atoms with Gasteiger partial charge in [-0.15, -0.1) is 11.8 Å². The molecule has 2 heterocycles. The highest BCUT2D eigenvalue weighted by Crippen LogP contribution is 2.42. The molecule has 120 valence electrons. The van der Waals surface area contributed by atoms with Crippen molar-refractivity contribution in [1.29, 1.82) is 0 Å². The molecule has 2 N–H and O–H groups in total. The Bertz CT molecular complexity index is 419. The summed E-state index contributed by atoms with van der Waals surface area (Å²) in [7, 11) is 0. The van der Waals surface area contributed by atoms with Crippen LogP contribution in [0.25, 0.3) is 0 Å². The second kappa shape index (κ2) is 6.16. The smallest absolute Gasteiger partial charge is 0.327 e. The zero-order valence-electron chi connectivity index (χ0n) is 13.3. The van der Waals surface area contributed by atoms with E-state index in [1.54, 1.807) is 16.7 Å². The first-order valence-electron chi connectivity index (χ1n) is 7.69. The highest BCUT2D eigenvalue weighted by molar-refractivity contribution is 8.00. The number of rotatable bonds is 4. The molecule has 1 amide bonds. The van der Waals surface area contributed by atoms with Gasteiger partial charge in [-0.25, -0.2) is 4.79 Å². The average Bonchev–Trinajstić information content (AvgIpc) is 3.05. The molecular formula is C15H26N2O3S. The van der Waals surface area contributed by atoms with Crippen LogP contribution in [-0.4, -0.2) is 52.1 Å². The fourth-order valence-corrected chi connectivity index (χ4v) is 4.85. The van der Waals surface area contributed by atoms with E-state index in [1.165, 1.54) is 0 Å². The molecule has 0 aromatic rings. The van der Waals surface area contributed by atoms with Gasteiger partial charge in [-0.2, -0.15) is 0 Å². The van der Waals surface area contributed by atoms with Gasteiger partial charge in [-0.05, 0) is 24.8 Å². The van der Waals surface area contributed by atoms with E-state index >= 15 is 0 Å². The van der Waals surface area contributed by atoms with Crippen LogP contribution in [0.2, 0.25) is 0 Å². The molecule has 3 unspecified atom stereocenters. The molecule has 3 atom stereocenters. The monoisotopic (exact) mass is 314 g/mol. The summed E-state index contributed by atoms with van der Waals surface area (Å²) in [6, 6.07) is -0.689. The van der Waals surface area contributed by atoms with Crippen molar-refractivity contribution in [1.82, 2.24) is 10.2 Å². The van der Waals surface area contributed by atoms with Gasteiger partial charge >= 0.3 is 5.97 Å². The fourth-order valence-electron chi connectivity index (χ4n) is 3.38. The molecule has 21 heavy (non-hydrogen) atoms. The van der Waals surface area contributed by atoms with Crippen molar-refractivity contribution in [3.63, 3.8) is 0 Å². The van der Waals surface area contributed by atoms with Gasteiger partial charge in [0, 0.05) is 12.3 Å². The number of aliphatic carboxylic acids is 1. The minimum Gasteiger partial charge on any atom is -0.480 e. The van der Waals surface area contributed by atoms with Crippen LogP contribution in [-0.2, 0) is 9.59 Å². The minimum absolute atomic E-state index is 0.0265. The molecule has 5 nitrogen and oxygen atoms in total. The average molecular weight is 314 g/mol. The summed E-state index contributed by atoms with van der Waals surface area (Å²) in [4.78, 5) is 26.5. The third-order valence-electron chi connectivity index (χ3n) is 4.84. The van der Waals surface area contributed by atoms with Crippen LogP contribution in [0.15, 0.2) is 0 Å². The summed E-state index contributed by atoms with van der Waals surface area (Å²) in [5, 5.41) is 12.7. The van der Waals surface area contributed by atoms with Crippen LogP contribution >= 0.6 is 11.8 Å². The van der Waals surface area contributed by atoms with Gasteiger partial charge in [-0.1, -0.05) is 27.7 Å². The third-order valence-corrected chi connectivity index (χ3v) is 6.47. The molecule has 0 aliphatic carbocycles. The molecule has 2 saturated heterocycles. The van der Waals surface area contributed by atoms with E-state index in [0.29, 0.717) is 12.3 Å². The lowest BCUT2D eigenvalue weighted by Gasteiger charge is -2.39. The molecule has 0 bridgehead atoms. The first kappa shape index (κ1) is 16.6. The molecule has 2 aliphatic heterocycles. The Morgan fingerprint density at radius 2 is 2.00 bits per heavy atom. The predicted molar refractivity (Wildman–Crippen MR) is 84.1 cm³/mol. The van der Waals surface area contributed by atoms with E-state index in [9.17, 15) is 14.7 Å². The Morgan fingerprint density at radius 1 is 1.33 bits per heavy atom. The largest absolute Gasteiger partial charge is 0.480 e. The molecule has 0 spiro atoms. The maximum Gasteiger partial charge on any atom is 0.327 e. The highest BCUT2D eigenvalue weighted by atomic mass is 32.2. The number of carbonyl (C=O) groups excluding carboxylic acids is 1. The van der Waals surface area contributed by atoms with Crippen molar-refractivity contribution in [2.45, 2.75) is 45.5 Å². The van der Waals surface area contributed by atoms with Gasteiger partial charge in [0.2, 0.25) is 5.91 Å². The number of carboxylic acid groups (broad SMARTS) is 1. The maximum atomic E-state index is 13.2. The summed E-state index contributed by atoms with van der Waals surface area (Å²) in [6.07, 6.45) is 0.793. The number of carboxylic acids is 1.